The molecule has 1 aliphatic heterocycles. The second-order valence-electron chi connectivity index (χ2n) is 5.26. The molecule has 5 nitrogen and oxygen atoms in total. The maximum Gasteiger partial charge on any atom is 0.278 e. The van der Waals surface area contributed by atoms with Crippen molar-refractivity contribution >= 4 is 27.5 Å². The van der Waals surface area contributed by atoms with E-state index in [0.29, 0.717) is 18.8 Å². The molecule has 1 amide bonds. The molecule has 0 spiro atoms. The van der Waals surface area contributed by atoms with E-state index in [1.807, 2.05) is 25.1 Å². The smallest absolute Gasteiger partial charge is 0.278 e. The summed E-state index contributed by atoms with van der Waals surface area (Å²) in [7, 11) is 0. The molecule has 0 unspecified atom stereocenters. The fraction of sp³-hybridized carbons (Fsp3) is 0.312. The third-order valence-corrected chi connectivity index (χ3v) is 4.20. The predicted molar refractivity (Wildman–Crippen MR) is 88.3 cm³/mol. The average Bonchev–Trinajstić information content (AvgIpc) is 2.92. The van der Waals surface area contributed by atoms with Gasteiger partial charge in [-0.2, -0.15) is 5.10 Å². The summed E-state index contributed by atoms with van der Waals surface area (Å²) in [6.07, 6.45) is 1.63. The number of rotatable bonds is 3. The number of aryl methyl sites for hydroxylation is 1. The van der Waals surface area contributed by atoms with Crippen molar-refractivity contribution in [2.45, 2.75) is 26.3 Å². The van der Waals surface area contributed by atoms with E-state index in [0.717, 1.165) is 28.6 Å². The number of halogens is 1. The highest BCUT2D eigenvalue weighted by Crippen LogP contribution is 2.31. The number of hydrogen-bond donors (Lipinski definition) is 0. The van der Waals surface area contributed by atoms with Crippen LogP contribution >= 0.6 is 15.9 Å². The van der Waals surface area contributed by atoms with Crippen molar-refractivity contribution in [3.63, 3.8) is 0 Å². The lowest BCUT2D eigenvalue weighted by Gasteiger charge is -2.17. The molecule has 0 bridgehead atoms. The van der Waals surface area contributed by atoms with E-state index in [9.17, 15) is 9.59 Å². The standard InChI is InChI=1S/C16H16BrN3O2/c1-2-8-20-15(21)6-4-13(18-20)16(22)19-9-7-11-10-12(17)3-5-14(11)19/h3-6,10H,2,7-9H2,1H3. The van der Waals surface area contributed by atoms with Crippen molar-refractivity contribution in [1.82, 2.24) is 9.78 Å². The van der Waals surface area contributed by atoms with Crippen molar-refractivity contribution in [2.75, 3.05) is 11.4 Å². The fourth-order valence-corrected chi connectivity index (χ4v) is 3.06. The lowest BCUT2D eigenvalue weighted by Crippen LogP contribution is -2.32. The number of amides is 1. The van der Waals surface area contributed by atoms with Crippen LogP contribution in [-0.2, 0) is 13.0 Å². The number of carbonyl (C=O) groups is 1. The molecule has 114 valence electrons. The van der Waals surface area contributed by atoms with Crippen LogP contribution in [0.1, 0.15) is 29.4 Å². The van der Waals surface area contributed by atoms with Gasteiger partial charge in [-0.05, 0) is 42.7 Å². The fourth-order valence-electron chi connectivity index (χ4n) is 2.65. The molecule has 2 heterocycles. The van der Waals surface area contributed by atoms with Gasteiger partial charge in [-0.15, -0.1) is 0 Å². The van der Waals surface area contributed by atoms with Gasteiger partial charge in [0.2, 0.25) is 0 Å². The van der Waals surface area contributed by atoms with Gasteiger partial charge in [-0.25, -0.2) is 4.68 Å². The van der Waals surface area contributed by atoms with Gasteiger partial charge in [0.05, 0.1) is 0 Å². The number of anilines is 1. The molecule has 3 rings (SSSR count). The highest BCUT2D eigenvalue weighted by molar-refractivity contribution is 9.10. The molecule has 1 aromatic carbocycles. The Labute approximate surface area is 136 Å². The number of aromatic nitrogens is 2. The second kappa shape index (κ2) is 6.04. The Hall–Kier alpha value is -1.95. The van der Waals surface area contributed by atoms with Crippen LogP contribution in [-0.4, -0.2) is 22.2 Å². The SMILES string of the molecule is CCCn1nc(C(=O)N2CCc3cc(Br)ccc32)ccc1=O. The normalized spacial score (nSPS) is 13.3. The molecular weight excluding hydrogens is 346 g/mol. The monoisotopic (exact) mass is 361 g/mol. The van der Waals surface area contributed by atoms with Gasteiger partial charge in [0.15, 0.2) is 0 Å². The lowest BCUT2D eigenvalue weighted by molar-refractivity contribution is 0.0982. The van der Waals surface area contributed by atoms with Crippen LogP contribution < -0.4 is 10.5 Å². The van der Waals surface area contributed by atoms with E-state index in [-0.39, 0.29) is 11.5 Å². The van der Waals surface area contributed by atoms with Crippen LogP contribution in [0, 0.1) is 0 Å². The summed E-state index contributed by atoms with van der Waals surface area (Å²) in [5.74, 6) is -0.161. The summed E-state index contributed by atoms with van der Waals surface area (Å²) >= 11 is 3.45. The van der Waals surface area contributed by atoms with Crippen LogP contribution in [0.15, 0.2) is 39.6 Å². The number of nitrogens with zero attached hydrogens (tertiary/aromatic N) is 3. The van der Waals surface area contributed by atoms with Gasteiger partial charge in [-0.3, -0.25) is 9.59 Å². The molecule has 1 aromatic heterocycles. The summed E-state index contributed by atoms with van der Waals surface area (Å²) < 4.78 is 2.36. The Balaban J connectivity index is 1.93. The summed E-state index contributed by atoms with van der Waals surface area (Å²) in [5.41, 5.74) is 2.20. The second-order valence-corrected chi connectivity index (χ2v) is 6.18. The molecule has 0 atom stereocenters. The van der Waals surface area contributed by atoms with Gasteiger partial charge >= 0.3 is 0 Å². The first-order valence-corrected chi connectivity index (χ1v) is 8.08. The predicted octanol–water partition coefficient (Wildman–Crippen LogP) is 2.62. The van der Waals surface area contributed by atoms with Crippen molar-refractivity contribution in [3.05, 3.63) is 56.4 Å². The lowest BCUT2D eigenvalue weighted by atomic mass is 10.2. The quantitative estimate of drug-likeness (QED) is 0.844. The van der Waals surface area contributed by atoms with Gasteiger partial charge in [-0.1, -0.05) is 22.9 Å². The summed E-state index contributed by atoms with van der Waals surface area (Å²) in [6.45, 7) is 3.12. The minimum atomic E-state index is -0.177. The highest BCUT2D eigenvalue weighted by atomic mass is 79.9. The number of hydrogen-bond acceptors (Lipinski definition) is 3. The first-order valence-electron chi connectivity index (χ1n) is 7.28. The third-order valence-electron chi connectivity index (χ3n) is 3.70. The largest absolute Gasteiger partial charge is 0.306 e. The number of fused-ring (bicyclic) bond motifs is 1. The molecule has 2 aromatic rings. The third kappa shape index (κ3) is 2.70. The van der Waals surface area contributed by atoms with Crippen LogP contribution in [0.5, 0.6) is 0 Å². The zero-order valence-corrected chi connectivity index (χ0v) is 13.8. The molecule has 0 aliphatic carbocycles. The summed E-state index contributed by atoms with van der Waals surface area (Å²) in [6, 6.07) is 8.82. The van der Waals surface area contributed by atoms with Gasteiger partial charge < -0.3 is 4.90 Å². The highest BCUT2D eigenvalue weighted by Gasteiger charge is 2.26. The molecule has 0 fully saturated rings. The van der Waals surface area contributed by atoms with Gasteiger partial charge in [0.25, 0.3) is 11.5 Å². The van der Waals surface area contributed by atoms with Gasteiger partial charge in [0.1, 0.15) is 5.69 Å². The Bertz CT molecular complexity index is 785. The van der Waals surface area contributed by atoms with Crippen LogP contribution in [0.3, 0.4) is 0 Å². The minimum Gasteiger partial charge on any atom is -0.306 e. The van der Waals surface area contributed by atoms with E-state index < -0.39 is 0 Å². The number of carbonyl (C=O) groups excluding carboxylic acids is 1. The minimum absolute atomic E-state index is 0.161. The zero-order valence-electron chi connectivity index (χ0n) is 12.3. The van der Waals surface area contributed by atoms with Crippen molar-refractivity contribution in [1.29, 1.82) is 0 Å². The molecule has 6 heteroatoms. The maximum atomic E-state index is 12.7. The molecule has 0 saturated heterocycles. The molecule has 0 N–H and O–H groups in total. The van der Waals surface area contributed by atoms with Crippen LogP contribution in [0.2, 0.25) is 0 Å². The Morgan fingerprint density at radius 2 is 2.14 bits per heavy atom. The van der Waals surface area contributed by atoms with E-state index in [4.69, 9.17) is 0 Å². The van der Waals surface area contributed by atoms with E-state index in [1.165, 1.54) is 16.8 Å². The molecule has 0 radical (unpaired) electrons. The Morgan fingerprint density at radius 3 is 2.91 bits per heavy atom. The van der Waals surface area contributed by atoms with Crippen LogP contribution in [0.4, 0.5) is 5.69 Å². The number of benzene rings is 1. The molecule has 22 heavy (non-hydrogen) atoms. The first-order chi connectivity index (χ1) is 10.6. The molecule has 0 saturated carbocycles. The zero-order chi connectivity index (χ0) is 15.7. The molecule has 1 aliphatic rings. The van der Waals surface area contributed by atoms with Crippen molar-refractivity contribution < 1.29 is 4.79 Å². The van der Waals surface area contributed by atoms with E-state index >= 15 is 0 Å². The summed E-state index contributed by atoms with van der Waals surface area (Å²) in [5, 5.41) is 4.20. The average molecular weight is 362 g/mol. The van der Waals surface area contributed by atoms with E-state index in [1.54, 1.807) is 4.90 Å². The Morgan fingerprint density at radius 1 is 1.32 bits per heavy atom. The Kier molecular flexibility index (Phi) is 4.11. The van der Waals surface area contributed by atoms with Crippen molar-refractivity contribution in [2.24, 2.45) is 0 Å². The maximum absolute atomic E-state index is 12.7. The topological polar surface area (TPSA) is 55.2 Å². The first kappa shape index (κ1) is 15.0. The summed E-state index contributed by atoms with van der Waals surface area (Å²) in [4.78, 5) is 26.1. The van der Waals surface area contributed by atoms with E-state index in [2.05, 4.69) is 21.0 Å². The van der Waals surface area contributed by atoms with Gasteiger partial charge in [0, 0.05) is 29.3 Å². The molecular formula is C16H16BrN3O2. The van der Waals surface area contributed by atoms with Crippen molar-refractivity contribution in [3.8, 4) is 0 Å². The van der Waals surface area contributed by atoms with Crippen LogP contribution in [0.25, 0.3) is 0 Å².